The van der Waals surface area contributed by atoms with Crippen LogP contribution in [0.25, 0.3) is 0 Å². The lowest BCUT2D eigenvalue weighted by Crippen LogP contribution is -2.37. The van der Waals surface area contributed by atoms with Crippen molar-refractivity contribution in [1.29, 1.82) is 0 Å². The zero-order chi connectivity index (χ0) is 42.8. The number of quaternary nitrogens is 1. The topological polar surface area (TPSA) is 108 Å². The SMILES string of the molecule is CCCCCCCCCCCCCCCCCC=CC(=O)OC[C@H](COP(=O)(O)OCC[N+](C)(C)C)OC(=O)CCCCCCCCCCCCCCCCCCC. The number of esters is 2. The van der Waals surface area contributed by atoms with Crippen LogP contribution in [-0.2, 0) is 32.7 Å². The summed E-state index contributed by atoms with van der Waals surface area (Å²) in [6.45, 7) is 4.38. The number of carbonyl (C=O) groups is 2. The van der Waals surface area contributed by atoms with Crippen LogP contribution in [0.4, 0.5) is 0 Å². The quantitative estimate of drug-likeness (QED) is 0.0212. The van der Waals surface area contributed by atoms with E-state index in [9.17, 15) is 19.0 Å². The number of rotatable bonds is 45. The molecule has 0 aromatic carbocycles. The average molecular weight is 845 g/mol. The van der Waals surface area contributed by atoms with Crippen molar-refractivity contribution >= 4 is 19.8 Å². The fourth-order valence-corrected chi connectivity index (χ4v) is 7.78. The molecule has 0 spiro atoms. The first-order valence-electron chi connectivity index (χ1n) is 24.4. The number of phosphoric acid groups is 1. The van der Waals surface area contributed by atoms with Crippen LogP contribution in [0.5, 0.6) is 0 Å². The van der Waals surface area contributed by atoms with Gasteiger partial charge in [0.05, 0.1) is 27.7 Å². The lowest BCUT2D eigenvalue weighted by Gasteiger charge is -2.24. The first-order chi connectivity index (χ1) is 28.0. The summed E-state index contributed by atoms with van der Waals surface area (Å²) >= 11 is 0. The molecule has 0 bridgehead atoms. The van der Waals surface area contributed by atoms with Gasteiger partial charge in [-0.05, 0) is 19.3 Å². The van der Waals surface area contributed by atoms with Gasteiger partial charge in [0.25, 0.3) is 0 Å². The molecular weight excluding hydrogens is 750 g/mol. The van der Waals surface area contributed by atoms with Crippen molar-refractivity contribution in [2.45, 2.75) is 238 Å². The maximum atomic E-state index is 12.7. The maximum Gasteiger partial charge on any atom is 0.472 e. The van der Waals surface area contributed by atoms with Gasteiger partial charge in [-0.1, -0.05) is 213 Å². The molecule has 0 saturated heterocycles. The number of phosphoric ester groups is 1. The summed E-state index contributed by atoms with van der Waals surface area (Å²) in [4.78, 5) is 35.4. The van der Waals surface area contributed by atoms with Crippen molar-refractivity contribution < 1.29 is 42.1 Å². The number of hydrogen-bond donors (Lipinski definition) is 1. The fourth-order valence-electron chi connectivity index (χ4n) is 7.04. The zero-order valence-corrected chi connectivity index (χ0v) is 39.7. The van der Waals surface area contributed by atoms with Gasteiger partial charge in [0.1, 0.15) is 19.8 Å². The minimum absolute atomic E-state index is 0.0280. The summed E-state index contributed by atoms with van der Waals surface area (Å²) in [7, 11) is 1.47. The van der Waals surface area contributed by atoms with Crippen molar-refractivity contribution in [3.8, 4) is 0 Å². The summed E-state index contributed by atoms with van der Waals surface area (Å²) in [5.41, 5.74) is 0. The largest absolute Gasteiger partial charge is 0.472 e. The lowest BCUT2D eigenvalue weighted by atomic mass is 10.0. The second-order valence-electron chi connectivity index (χ2n) is 17.9. The molecule has 58 heavy (non-hydrogen) atoms. The molecule has 0 amide bonds. The van der Waals surface area contributed by atoms with Gasteiger partial charge in [-0.25, -0.2) is 9.36 Å². The molecule has 344 valence electrons. The van der Waals surface area contributed by atoms with E-state index in [2.05, 4.69) is 13.8 Å². The van der Waals surface area contributed by atoms with Gasteiger partial charge >= 0.3 is 19.8 Å². The van der Waals surface area contributed by atoms with Crippen LogP contribution in [0, 0.1) is 0 Å². The zero-order valence-electron chi connectivity index (χ0n) is 38.8. The molecule has 2 atom stereocenters. The molecule has 10 heteroatoms. The first kappa shape index (κ1) is 56.8. The Kier molecular flexibility index (Phi) is 40.2. The van der Waals surface area contributed by atoms with E-state index in [0.29, 0.717) is 17.4 Å². The highest BCUT2D eigenvalue weighted by molar-refractivity contribution is 7.47. The minimum atomic E-state index is -4.38. The predicted octanol–water partition coefficient (Wildman–Crippen LogP) is 14.1. The Morgan fingerprint density at radius 3 is 1.33 bits per heavy atom. The first-order valence-corrected chi connectivity index (χ1v) is 25.9. The van der Waals surface area contributed by atoms with Gasteiger partial charge in [0.15, 0.2) is 6.10 Å². The Hall–Kier alpha value is -1.25. The molecule has 0 aromatic rings. The van der Waals surface area contributed by atoms with Crippen LogP contribution in [0.3, 0.4) is 0 Å². The second kappa shape index (κ2) is 41.1. The molecule has 0 aliphatic heterocycles. The molecule has 0 saturated carbocycles. The van der Waals surface area contributed by atoms with E-state index >= 15 is 0 Å². The Labute approximate surface area is 358 Å². The number of likely N-dealkylation sites (N-methyl/N-ethyl adjacent to an activating group) is 1. The molecule has 0 heterocycles. The average Bonchev–Trinajstić information content (AvgIpc) is 3.17. The molecule has 0 aliphatic carbocycles. The molecule has 0 rings (SSSR count). The molecule has 0 aliphatic rings. The van der Waals surface area contributed by atoms with Crippen molar-refractivity contribution in [3.05, 3.63) is 12.2 Å². The Balaban J connectivity index is 4.30. The molecule has 0 radical (unpaired) electrons. The number of hydrogen-bond acceptors (Lipinski definition) is 7. The summed E-state index contributed by atoms with van der Waals surface area (Å²) in [5, 5.41) is 0. The minimum Gasteiger partial charge on any atom is -0.458 e. The van der Waals surface area contributed by atoms with E-state index in [1.807, 2.05) is 27.2 Å². The third-order valence-corrected chi connectivity index (χ3v) is 11.8. The molecule has 9 nitrogen and oxygen atoms in total. The van der Waals surface area contributed by atoms with Crippen LogP contribution in [0.15, 0.2) is 12.2 Å². The van der Waals surface area contributed by atoms with Crippen molar-refractivity contribution in [3.63, 3.8) is 0 Å². The highest BCUT2D eigenvalue weighted by Gasteiger charge is 2.27. The number of nitrogens with zero attached hydrogens (tertiary/aromatic N) is 1. The predicted molar refractivity (Wildman–Crippen MR) is 243 cm³/mol. The van der Waals surface area contributed by atoms with E-state index in [1.165, 1.54) is 179 Å². The van der Waals surface area contributed by atoms with Crippen LogP contribution < -0.4 is 0 Å². The highest BCUT2D eigenvalue weighted by Crippen LogP contribution is 2.43. The smallest absolute Gasteiger partial charge is 0.458 e. The Bertz CT molecular complexity index is 1000. The van der Waals surface area contributed by atoms with E-state index < -0.39 is 32.5 Å². The van der Waals surface area contributed by atoms with E-state index in [1.54, 1.807) is 0 Å². The molecule has 1 N–H and O–H groups in total. The summed E-state index contributed by atoms with van der Waals surface area (Å²) < 4.78 is 34.3. The highest BCUT2D eigenvalue weighted by atomic mass is 31.2. The van der Waals surface area contributed by atoms with Crippen molar-refractivity contribution in [1.82, 2.24) is 0 Å². The van der Waals surface area contributed by atoms with Gasteiger partial charge < -0.3 is 18.9 Å². The number of ether oxygens (including phenoxy) is 2. The van der Waals surface area contributed by atoms with Crippen molar-refractivity contribution in [2.24, 2.45) is 0 Å². The molecule has 0 fully saturated rings. The van der Waals surface area contributed by atoms with Crippen molar-refractivity contribution in [2.75, 3.05) is 47.5 Å². The molecule has 0 aromatic heterocycles. The van der Waals surface area contributed by atoms with Gasteiger partial charge in [-0.3, -0.25) is 13.8 Å². The monoisotopic (exact) mass is 845 g/mol. The summed E-state index contributed by atoms with van der Waals surface area (Å²) in [6.07, 6.45) is 44.5. The summed E-state index contributed by atoms with van der Waals surface area (Å²) in [5.74, 6) is -0.977. The number of carbonyl (C=O) groups excluding carboxylic acids is 2. The molecular formula is C48H95NO8P+. The second-order valence-corrected chi connectivity index (χ2v) is 19.4. The van der Waals surface area contributed by atoms with Crippen LogP contribution in [-0.4, -0.2) is 74.9 Å². The fraction of sp³-hybridized carbons (Fsp3) is 0.917. The standard InChI is InChI=1S/C48H94NO8P/c1-6-8-10-12-14-16-18-20-22-24-26-28-30-32-34-36-38-40-47(50)54-44-46(45-56-58(52,53)55-43-42-49(3,4)5)57-48(51)41-39-37-35-33-31-29-27-25-23-21-19-17-15-13-11-9-7-2/h38,40,46H,6-37,39,41-45H2,1-5H3/p+1/t46-/m1/s1. The normalized spacial score (nSPS) is 13.6. The number of unbranched alkanes of at least 4 members (excludes halogenated alkanes) is 31. The lowest BCUT2D eigenvalue weighted by molar-refractivity contribution is -0.870. The van der Waals surface area contributed by atoms with Gasteiger partial charge in [-0.15, -0.1) is 0 Å². The third-order valence-electron chi connectivity index (χ3n) is 10.9. The number of allylic oxidation sites excluding steroid dienone is 1. The van der Waals surface area contributed by atoms with Crippen LogP contribution >= 0.6 is 7.82 Å². The Morgan fingerprint density at radius 2 is 0.931 bits per heavy atom. The van der Waals surface area contributed by atoms with Gasteiger partial charge in [-0.2, -0.15) is 0 Å². The van der Waals surface area contributed by atoms with Gasteiger partial charge in [0, 0.05) is 12.5 Å². The van der Waals surface area contributed by atoms with Crippen LogP contribution in [0.2, 0.25) is 0 Å². The third kappa shape index (κ3) is 44.3. The van der Waals surface area contributed by atoms with E-state index in [0.717, 1.165) is 32.1 Å². The molecule has 1 unspecified atom stereocenters. The Morgan fingerprint density at radius 1 is 0.552 bits per heavy atom. The van der Waals surface area contributed by atoms with E-state index in [-0.39, 0.29) is 19.6 Å². The van der Waals surface area contributed by atoms with Gasteiger partial charge in [0.2, 0.25) is 0 Å². The maximum absolute atomic E-state index is 12.7. The summed E-state index contributed by atoms with van der Waals surface area (Å²) in [6, 6.07) is 0. The van der Waals surface area contributed by atoms with Crippen LogP contribution in [0.1, 0.15) is 232 Å². The van der Waals surface area contributed by atoms with E-state index in [4.69, 9.17) is 18.5 Å².